The molecule has 0 radical (unpaired) electrons. The second-order valence-corrected chi connectivity index (χ2v) is 3.44. The number of halogens is 2. The first-order valence-corrected chi connectivity index (χ1v) is 5.80. The summed E-state index contributed by atoms with van der Waals surface area (Å²) in [5.41, 5.74) is 0.804. The number of aromatic nitrogens is 1. The Bertz CT molecular complexity index is 475. The Morgan fingerprint density at radius 2 is 1.61 bits per heavy atom. The normalized spacial score (nSPS) is 9.39. The van der Waals surface area contributed by atoms with Gasteiger partial charge < -0.3 is 5.32 Å². The van der Waals surface area contributed by atoms with Crippen molar-refractivity contribution >= 4 is 11.5 Å². The van der Waals surface area contributed by atoms with Crippen LogP contribution in [0.5, 0.6) is 0 Å². The zero-order valence-electron chi connectivity index (χ0n) is 10.7. The molecule has 0 unspecified atom stereocenters. The fraction of sp³-hybridized carbons (Fsp3) is 0.214. The van der Waals surface area contributed by atoms with Crippen molar-refractivity contribution in [2.24, 2.45) is 0 Å². The quantitative estimate of drug-likeness (QED) is 0.852. The molecule has 4 heteroatoms. The summed E-state index contributed by atoms with van der Waals surface area (Å²) in [6, 6.07) is 7.19. The lowest BCUT2D eigenvalue weighted by atomic mass is 10.2. The van der Waals surface area contributed by atoms with Gasteiger partial charge in [-0.25, -0.2) is 13.8 Å². The molecule has 2 rings (SSSR count). The van der Waals surface area contributed by atoms with Crippen molar-refractivity contribution in [3.63, 3.8) is 0 Å². The SMILES string of the molecule is CC.Cc1ccc(Nc2c(F)cccc2F)nc1. The molecule has 0 aliphatic carbocycles. The van der Waals surface area contributed by atoms with Crippen molar-refractivity contribution in [2.45, 2.75) is 20.8 Å². The molecule has 0 saturated heterocycles. The Hall–Kier alpha value is -1.97. The first kappa shape index (κ1) is 14.1. The van der Waals surface area contributed by atoms with Crippen molar-refractivity contribution in [2.75, 3.05) is 5.32 Å². The summed E-state index contributed by atoms with van der Waals surface area (Å²) < 4.78 is 26.6. The minimum atomic E-state index is -0.637. The molecule has 2 aromatic rings. The van der Waals surface area contributed by atoms with Crippen LogP contribution in [0.15, 0.2) is 36.5 Å². The summed E-state index contributed by atoms with van der Waals surface area (Å²) in [4.78, 5) is 4.01. The fourth-order valence-electron chi connectivity index (χ4n) is 1.29. The van der Waals surface area contributed by atoms with Gasteiger partial charge >= 0.3 is 0 Å². The van der Waals surface area contributed by atoms with Crippen LogP contribution < -0.4 is 5.32 Å². The van der Waals surface area contributed by atoms with Gasteiger partial charge in [-0.05, 0) is 30.7 Å². The number of rotatable bonds is 2. The lowest BCUT2D eigenvalue weighted by Crippen LogP contribution is -1.98. The molecule has 0 amide bonds. The van der Waals surface area contributed by atoms with Crippen LogP contribution in [0, 0.1) is 18.6 Å². The van der Waals surface area contributed by atoms with Crippen molar-refractivity contribution in [1.29, 1.82) is 0 Å². The molecule has 0 atom stereocenters. The molecule has 0 bridgehead atoms. The third kappa shape index (κ3) is 3.52. The van der Waals surface area contributed by atoms with Gasteiger partial charge in [0.2, 0.25) is 0 Å². The van der Waals surface area contributed by atoms with E-state index < -0.39 is 11.6 Å². The first-order valence-electron chi connectivity index (χ1n) is 5.80. The molecule has 0 aliphatic rings. The topological polar surface area (TPSA) is 24.9 Å². The van der Waals surface area contributed by atoms with Crippen molar-refractivity contribution in [3.05, 3.63) is 53.7 Å². The number of para-hydroxylation sites is 1. The van der Waals surface area contributed by atoms with Crippen molar-refractivity contribution in [1.82, 2.24) is 4.98 Å². The van der Waals surface area contributed by atoms with Gasteiger partial charge in [-0.15, -0.1) is 0 Å². The highest BCUT2D eigenvalue weighted by Crippen LogP contribution is 2.21. The van der Waals surface area contributed by atoms with E-state index in [4.69, 9.17) is 0 Å². The van der Waals surface area contributed by atoms with E-state index in [9.17, 15) is 8.78 Å². The summed E-state index contributed by atoms with van der Waals surface area (Å²) in [7, 11) is 0. The maximum atomic E-state index is 13.3. The molecule has 2 nitrogen and oxygen atoms in total. The van der Waals surface area contributed by atoms with Gasteiger partial charge in [0, 0.05) is 6.20 Å². The molecule has 1 aromatic heterocycles. The highest BCUT2D eigenvalue weighted by atomic mass is 19.1. The molecule has 1 aromatic carbocycles. The van der Waals surface area contributed by atoms with Crippen LogP contribution in [0.1, 0.15) is 19.4 Å². The number of nitrogens with one attached hydrogen (secondary N) is 1. The van der Waals surface area contributed by atoms with E-state index in [1.165, 1.54) is 18.2 Å². The van der Waals surface area contributed by atoms with Gasteiger partial charge in [0.05, 0.1) is 0 Å². The number of anilines is 2. The van der Waals surface area contributed by atoms with Gasteiger partial charge in [0.25, 0.3) is 0 Å². The van der Waals surface area contributed by atoms with Crippen LogP contribution in [-0.4, -0.2) is 4.98 Å². The molecule has 0 fully saturated rings. The summed E-state index contributed by atoms with van der Waals surface area (Å²) in [5.74, 6) is -0.862. The van der Waals surface area contributed by atoms with Gasteiger partial charge in [-0.3, -0.25) is 0 Å². The van der Waals surface area contributed by atoms with Crippen LogP contribution >= 0.6 is 0 Å². The number of pyridine rings is 1. The van der Waals surface area contributed by atoms with E-state index >= 15 is 0 Å². The number of aryl methyl sites for hydroxylation is 1. The van der Waals surface area contributed by atoms with Crippen LogP contribution in [-0.2, 0) is 0 Å². The molecule has 0 aliphatic heterocycles. The molecule has 18 heavy (non-hydrogen) atoms. The molecule has 0 spiro atoms. The van der Waals surface area contributed by atoms with E-state index in [0.717, 1.165) is 5.56 Å². The highest BCUT2D eigenvalue weighted by molar-refractivity contribution is 5.57. The monoisotopic (exact) mass is 250 g/mol. The summed E-state index contributed by atoms with van der Waals surface area (Å²) in [5, 5.41) is 2.61. The molecule has 96 valence electrons. The van der Waals surface area contributed by atoms with Crippen molar-refractivity contribution < 1.29 is 8.78 Å². The predicted molar refractivity (Wildman–Crippen MR) is 70.0 cm³/mol. The van der Waals surface area contributed by atoms with Crippen LogP contribution in [0.2, 0.25) is 0 Å². The Kier molecular flexibility index (Phi) is 5.24. The first-order chi connectivity index (χ1) is 8.66. The van der Waals surface area contributed by atoms with Crippen LogP contribution in [0.4, 0.5) is 20.3 Å². The molecular formula is C14H16F2N2. The van der Waals surface area contributed by atoms with Gasteiger partial charge in [-0.1, -0.05) is 26.0 Å². The lowest BCUT2D eigenvalue weighted by molar-refractivity contribution is 0.590. The van der Waals surface area contributed by atoms with Crippen LogP contribution in [0.25, 0.3) is 0 Å². The predicted octanol–water partition coefficient (Wildman–Crippen LogP) is 4.44. The highest BCUT2D eigenvalue weighted by Gasteiger charge is 2.08. The Morgan fingerprint density at radius 3 is 2.11 bits per heavy atom. The number of hydrogen-bond acceptors (Lipinski definition) is 2. The fourth-order valence-corrected chi connectivity index (χ4v) is 1.29. The average molecular weight is 250 g/mol. The largest absolute Gasteiger partial charge is 0.335 e. The number of benzene rings is 1. The minimum Gasteiger partial charge on any atom is -0.335 e. The summed E-state index contributed by atoms with van der Waals surface area (Å²) in [6.07, 6.45) is 1.63. The van der Waals surface area contributed by atoms with Gasteiger partial charge in [-0.2, -0.15) is 0 Å². The summed E-state index contributed by atoms with van der Waals surface area (Å²) >= 11 is 0. The van der Waals surface area contributed by atoms with E-state index in [2.05, 4.69) is 10.3 Å². The second kappa shape index (κ2) is 6.69. The van der Waals surface area contributed by atoms with Gasteiger partial charge in [0.15, 0.2) is 0 Å². The zero-order chi connectivity index (χ0) is 13.5. The standard InChI is InChI=1S/C12H10F2N2.C2H6/c1-8-5-6-11(15-7-8)16-12-9(13)3-2-4-10(12)14;1-2/h2-7H,1H3,(H,15,16);1-2H3. The lowest BCUT2D eigenvalue weighted by Gasteiger charge is -2.07. The van der Waals surface area contributed by atoms with E-state index in [0.29, 0.717) is 5.82 Å². The smallest absolute Gasteiger partial charge is 0.149 e. The molecule has 0 saturated carbocycles. The minimum absolute atomic E-state index is 0.182. The van der Waals surface area contributed by atoms with E-state index in [1.807, 2.05) is 26.8 Å². The summed E-state index contributed by atoms with van der Waals surface area (Å²) in [6.45, 7) is 5.89. The third-order valence-corrected chi connectivity index (χ3v) is 2.13. The maximum Gasteiger partial charge on any atom is 0.149 e. The maximum absolute atomic E-state index is 13.3. The third-order valence-electron chi connectivity index (χ3n) is 2.13. The Morgan fingerprint density at radius 1 is 1.00 bits per heavy atom. The van der Waals surface area contributed by atoms with E-state index in [1.54, 1.807) is 12.3 Å². The molecule has 1 N–H and O–H groups in total. The van der Waals surface area contributed by atoms with E-state index in [-0.39, 0.29) is 5.69 Å². The Labute approximate surface area is 106 Å². The molecular weight excluding hydrogens is 234 g/mol. The van der Waals surface area contributed by atoms with Crippen LogP contribution in [0.3, 0.4) is 0 Å². The number of hydrogen-bond donors (Lipinski definition) is 1. The van der Waals surface area contributed by atoms with Gasteiger partial charge in [0.1, 0.15) is 23.1 Å². The number of nitrogens with zero attached hydrogens (tertiary/aromatic N) is 1. The average Bonchev–Trinajstić information content (AvgIpc) is 2.39. The zero-order valence-corrected chi connectivity index (χ0v) is 10.7. The second-order valence-electron chi connectivity index (χ2n) is 3.44. The Balaban J connectivity index is 0.000000771. The van der Waals surface area contributed by atoms with Crippen molar-refractivity contribution in [3.8, 4) is 0 Å². The molecule has 1 heterocycles.